The molecule has 1 fully saturated rings. The number of benzene rings is 1. The van der Waals surface area contributed by atoms with E-state index in [2.05, 4.69) is 5.32 Å². The summed E-state index contributed by atoms with van der Waals surface area (Å²) in [6.45, 7) is 3.49. The minimum Gasteiger partial charge on any atom is -0.381 e. The topological polar surface area (TPSA) is 64.4 Å². The molecule has 0 aromatic heterocycles. The number of carbonyl (C=O) groups excluding carboxylic acids is 1. The number of amides is 1. The first-order valence-corrected chi connectivity index (χ1v) is 7.29. The lowest BCUT2D eigenvalue weighted by Gasteiger charge is -2.35. The van der Waals surface area contributed by atoms with Crippen molar-refractivity contribution in [2.24, 2.45) is 11.1 Å². The molecule has 1 heterocycles. The number of nitrogens with two attached hydrogens (primary N) is 1. The Hall–Kier alpha value is -0.810. The molecule has 1 amide bonds. The summed E-state index contributed by atoms with van der Waals surface area (Å²) in [5.41, 5.74) is 6.34. The van der Waals surface area contributed by atoms with Crippen molar-refractivity contribution < 1.29 is 9.53 Å². The maximum atomic E-state index is 12.5. The largest absolute Gasteiger partial charge is 0.381 e. The van der Waals surface area contributed by atoms with Gasteiger partial charge in [-0.15, -0.1) is 12.4 Å². The first kappa shape index (κ1) is 18.2. The minimum atomic E-state index is -0.495. The van der Waals surface area contributed by atoms with E-state index in [1.54, 1.807) is 0 Å². The van der Waals surface area contributed by atoms with Crippen LogP contribution in [0.4, 0.5) is 0 Å². The van der Waals surface area contributed by atoms with Crippen LogP contribution in [0.15, 0.2) is 24.3 Å². The fourth-order valence-corrected chi connectivity index (χ4v) is 2.69. The van der Waals surface area contributed by atoms with Crippen molar-refractivity contribution in [3.8, 4) is 0 Å². The highest BCUT2D eigenvalue weighted by Gasteiger charge is 2.39. The molecular weight excluding hydrogens is 311 g/mol. The molecule has 1 aromatic carbocycles. The van der Waals surface area contributed by atoms with Crippen molar-refractivity contribution in [2.75, 3.05) is 19.8 Å². The average molecular weight is 333 g/mol. The van der Waals surface area contributed by atoms with Crippen molar-refractivity contribution in [1.82, 2.24) is 5.32 Å². The van der Waals surface area contributed by atoms with Crippen LogP contribution in [0.25, 0.3) is 0 Å². The van der Waals surface area contributed by atoms with E-state index in [9.17, 15) is 4.79 Å². The second kappa shape index (κ2) is 7.99. The SMILES string of the molecule is CC(NC(=O)C1(CN)CCOCC1)c1cccc(Cl)c1.Cl. The number of hydrogen-bond acceptors (Lipinski definition) is 3. The van der Waals surface area contributed by atoms with Crippen LogP contribution in [0.1, 0.15) is 31.4 Å². The van der Waals surface area contributed by atoms with E-state index in [0.29, 0.717) is 37.6 Å². The van der Waals surface area contributed by atoms with E-state index in [4.69, 9.17) is 22.1 Å². The van der Waals surface area contributed by atoms with Gasteiger partial charge in [-0.1, -0.05) is 23.7 Å². The molecule has 0 spiro atoms. The summed E-state index contributed by atoms with van der Waals surface area (Å²) >= 11 is 5.98. The fraction of sp³-hybridized carbons (Fsp3) is 0.533. The van der Waals surface area contributed by atoms with Gasteiger partial charge in [0.15, 0.2) is 0 Å². The molecule has 1 unspecified atom stereocenters. The van der Waals surface area contributed by atoms with Gasteiger partial charge >= 0.3 is 0 Å². The Kier molecular flexibility index (Phi) is 6.94. The van der Waals surface area contributed by atoms with E-state index in [1.807, 2.05) is 31.2 Å². The molecule has 1 atom stereocenters. The van der Waals surface area contributed by atoms with Crippen LogP contribution in [-0.4, -0.2) is 25.7 Å². The smallest absolute Gasteiger partial charge is 0.228 e. The summed E-state index contributed by atoms with van der Waals surface area (Å²) in [7, 11) is 0. The Morgan fingerprint density at radius 1 is 1.48 bits per heavy atom. The quantitative estimate of drug-likeness (QED) is 0.890. The summed E-state index contributed by atoms with van der Waals surface area (Å²) < 4.78 is 5.33. The molecule has 1 aliphatic heterocycles. The molecule has 0 radical (unpaired) electrons. The Bertz CT molecular complexity index is 476. The third kappa shape index (κ3) is 4.33. The van der Waals surface area contributed by atoms with Crippen molar-refractivity contribution in [3.05, 3.63) is 34.9 Å². The van der Waals surface area contributed by atoms with Crippen LogP contribution in [0, 0.1) is 5.41 Å². The summed E-state index contributed by atoms with van der Waals surface area (Å²) in [6.07, 6.45) is 1.36. The maximum absolute atomic E-state index is 12.5. The second-order valence-electron chi connectivity index (χ2n) is 5.35. The van der Waals surface area contributed by atoms with E-state index >= 15 is 0 Å². The number of hydrogen-bond donors (Lipinski definition) is 2. The van der Waals surface area contributed by atoms with Crippen LogP contribution in [-0.2, 0) is 9.53 Å². The lowest BCUT2D eigenvalue weighted by molar-refractivity contribution is -0.136. The molecule has 1 aromatic rings. The van der Waals surface area contributed by atoms with Crippen molar-refractivity contribution in [2.45, 2.75) is 25.8 Å². The number of carbonyl (C=O) groups is 1. The van der Waals surface area contributed by atoms with Gasteiger partial charge in [0.2, 0.25) is 5.91 Å². The molecule has 1 aliphatic rings. The Balaban J connectivity index is 0.00000220. The highest BCUT2D eigenvalue weighted by Crippen LogP contribution is 2.30. The van der Waals surface area contributed by atoms with Crippen LogP contribution in [0.2, 0.25) is 5.02 Å². The lowest BCUT2D eigenvalue weighted by atomic mass is 9.79. The van der Waals surface area contributed by atoms with Gasteiger partial charge in [-0.3, -0.25) is 4.79 Å². The first-order valence-electron chi connectivity index (χ1n) is 6.92. The molecule has 4 nitrogen and oxygen atoms in total. The summed E-state index contributed by atoms with van der Waals surface area (Å²) in [6, 6.07) is 7.43. The number of halogens is 2. The molecule has 1 saturated heterocycles. The van der Waals surface area contributed by atoms with Gasteiger partial charge in [0, 0.05) is 24.8 Å². The summed E-state index contributed by atoms with van der Waals surface area (Å²) in [5.74, 6) is 0.00998. The number of rotatable bonds is 4. The van der Waals surface area contributed by atoms with Gasteiger partial charge < -0.3 is 15.8 Å². The highest BCUT2D eigenvalue weighted by atomic mass is 35.5. The van der Waals surface area contributed by atoms with Crippen LogP contribution < -0.4 is 11.1 Å². The number of nitrogens with one attached hydrogen (secondary N) is 1. The van der Waals surface area contributed by atoms with Crippen molar-refractivity contribution >= 4 is 29.9 Å². The molecule has 0 aliphatic carbocycles. The van der Waals surface area contributed by atoms with Crippen molar-refractivity contribution in [1.29, 1.82) is 0 Å². The zero-order valence-electron chi connectivity index (χ0n) is 12.1. The molecule has 2 rings (SSSR count). The molecule has 118 valence electrons. The molecule has 6 heteroatoms. The Labute approximate surface area is 136 Å². The predicted octanol–water partition coefficient (Wildman–Crippen LogP) is 2.69. The second-order valence-corrected chi connectivity index (χ2v) is 5.78. The normalized spacial score (nSPS) is 18.4. The van der Waals surface area contributed by atoms with Crippen molar-refractivity contribution in [3.63, 3.8) is 0 Å². The summed E-state index contributed by atoms with van der Waals surface area (Å²) in [5, 5.41) is 3.72. The Morgan fingerprint density at radius 2 is 2.14 bits per heavy atom. The molecule has 3 N–H and O–H groups in total. The average Bonchev–Trinajstić information content (AvgIpc) is 2.47. The fourth-order valence-electron chi connectivity index (χ4n) is 2.50. The molecular formula is C15H22Cl2N2O2. The van der Waals surface area contributed by atoms with Gasteiger partial charge in [-0.2, -0.15) is 0 Å². The lowest BCUT2D eigenvalue weighted by Crippen LogP contribution is -2.49. The van der Waals surface area contributed by atoms with E-state index < -0.39 is 5.41 Å². The van der Waals surface area contributed by atoms with Gasteiger partial charge in [-0.25, -0.2) is 0 Å². The maximum Gasteiger partial charge on any atom is 0.228 e. The van der Waals surface area contributed by atoms with Gasteiger partial charge in [0.1, 0.15) is 0 Å². The highest BCUT2D eigenvalue weighted by molar-refractivity contribution is 6.30. The zero-order valence-corrected chi connectivity index (χ0v) is 13.7. The first-order chi connectivity index (χ1) is 9.57. The van der Waals surface area contributed by atoms with E-state index in [-0.39, 0.29) is 24.4 Å². The van der Waals surface area contributed by atoms with E-state index in [1.165, 1.54) is 0 Å². The summed E-state index contributed by atoms with van der Waals surface area (Å²) in [4.78, 5) is 12.5. The van der Waals surface area contributed by atoms with Gasteiger partial charge in [0.05, 0.1) is 11.5 Å². The van der Waals surface area contributed by atoms with Crippen LogP contribution in [0.5, 0.6) is 0 Å². The third-order valence-electron chi connectivity index (χ3n) is 4.02. The van der Waals surface area contributed by atoms with Crippen LogP contribution in [0.3, 0.4) is 0 Å². The predicted molar refractivity (Wildman–Crippen MR) is 86.8 cm³/mol. The van der Waals surface area contributed by atoms with Gasteiger partial charge in [0.25, 0.3) is 0 Å². The molecule has 21 heavy (non-hydrogen) atoms. The molecule has 0 saturated carbocycles. The standard InChI is InChI=1S/C15H21ClN2O2.ClH/c1-11(12-3-2-4-13(16)9-12)18-14(19)15(10-17)5-7-20-8-6-15;/h2-4,9,11H,5-8,10,17H2,1H3,(H,18,19);1H. The number of ether oxygens (including phenoxy) is 1. The van der Waals surface area contributed by atoms with Gasteiger partial charge in [-0.05, 0) is 37.5 Å². The third-order valence-corrected chi connectivity index (χ3v) is 4.25. The Morgan fingerprint density at radius 3 is 2.71 bits per heavy atom. The monoisotopic (exact) mass is 332 g/mol. The zero-order chi connectivity index (χ0) is 14.6. The molecule has 0 bridgehead atoms. The minimum absolute atomic E-state index is 0. The van der Waals surface area contributed by atoms with Crippen LogP contribution >= 0.6 is 24.0 Å². The van der Waals surface area contributed by atoms with E-state index in [0.717, 1.165) is 5.56 Å².